The van der Waals surface area contributed by atoms with Gasteiger partial charge in [0.25, 0.3) is 5.56 Å². The molecule has 2 N–H and O–H groups in total. The van der Waals surface area contributed by atoms with Crippen LogP contribution in [-0.2, 0) is 16.1 Å². The van der Waals surface area contributed by atoms with Crippen LogP contribution in [0.3, 0.4) is 0 Å². The average molecular weight is 359 g/mol. The third-order valence-electron chi connectivity index (χ3n) is 4.04. The number of benzene rings is 1. The smallest absolute Gasteiger partial charge is 0.274 e. The number of carbonyl (C=O) groups excluding carboxylic acids is 2. The number of aromatic nitrogens is 1. The molecule has 0 saturated carbocycles. The predicted molar refractivity (Wildman–Crippen MR) is 97.3 cm³/mol. The molecule has 1 aromatic heterocycles. The third-order valence-corrected chi connectivity index (χ3v) is 4.04. The van der Waals surface area contributed by atoms with Crippen LogP contribution < -0.4 is 16.2 Å². The Morgan fingerprint density at radius 1 is 1.12 bits per heavy atom. The number of anilines is 1. The zero-order chi connectivity index (χ0) is 19.3. The van der Waals surface area contributed by atoms with Gasteiger partial charge in [0.05, 0.1) is 6.04 Å². The van der Waals surface area contributed by atoms with E-state index < -0.39 is 5.56 Å². The summed E-state index contributed by atoms with van der Waals surface area (Å²) in [5.74, 6) is -0.974. The highest BCUT2D eigenvalue weighted by Crippen LogP contribution is 2.13. The highest BCUT2D eigenvalue weighted by Gasteiger charge is 2.14. The van der Waals surface area contributed by atoms with E-state index >= 15 is 0 Å². The second-order valence-electron chi connectivity index (χ2n) is 6.02. The SMILES string of the molecule is CCC(=O)Nc1ccc(C)n(CC(=O)N[C@@H](C)c2ccc(F)cc2)c1=O. The molecule has 0 bridgehead atoms. The fourth-order valence-corrected chi connectivity index (χ4v) is 2.47. The Bertz CT molecular complexity index is 859. The van der Waals surface area contributed by atoms with Gasteiger partial charge in [0.1, 0.15) is 18.0 Å². The fraction of sp³-hybridized carbons (Fsp3) is 0.316. The second-order valence-corrected chi connectivity index (χ2v) is 6.02. The van der Waals surface area contributed by atoms with Crippen LogP contribution in [0, 0.1) is 12.7 Å². The first-order valence-corrected chi connectivity index (χ1v) is 8.37. The summed E-state index contributed by atoms with van der Waals surface area (Å²) >= 11 is 0. The van der Waals surface area contributed by atoms with Crippen LogP contribution in [0.15, 0.2) is 41.2 Å². The number of nitrogens with zero attached hydrogens (tertiary/aromatic N) is 1. The summed E-state index contributed by atoms with van der Waals surface area (Å²) in [7, 11) is 0. The molecule has 6 nitrogen and oxygen atoms in total. The standard InChI is InChI=1S/C19H22FN3O3/c1-4-17(24)22-16-10-5-12(2)23(19(16)26)11-18(25)21-13(3)14-6-8-15(20)9-7-14/h5-10,13H,4,11H2,1-3H3,(H,21,25)(H,22,24)/t13-/m0/s1. The number of aryl methyl sites for hydroxylation is 1. The Labute approximate surface area is 151 Å². The minimum Gasteiger partial charge on any atom is -0.348 e. The molecule has 2 amide bonds. The fourth-order valence-electron chi connectivity index (χ4n) is 2.47. The van der Waals surface area contributed by atoms with E-state index in [0.717, 1.165) is 5.56 Å². The largest absolute Gasteiger partial charge is 0.348 e. The molecule has 2 aromatic rings. The average Bonchev–Trinajstić information content (AvgIpc) is 2.61. The molecule has 26 heavy (non-hydrogen) atoms. The molecule has 0 spiro atoms. The molecule has 0 unspecified atom stereocenters. The lowest BCUT2D eigenvalue weighted by molar-refractivity contribution is -0.122. The Hall–Kier alpha value is -2.96. The molecule has 1 heterocycles. The van der Waals surface area contributed by atoms with Crippen molar-refractivity contribution in [2.75, 3.05) is 5.32 Å². The monoisotopic (exact) mass is 359 g/mol. The topological polar surface area (TPSA) is 80.2 Å². The van der Waals surface area contributed by atoms with E-state index in [-0.39, 0.29) is 42.3 Å². The molecule has 0 fully saturated rings. The molecule has 0 radical (unpaired) electrons. The third kappa shape index (κ3) is 4.78. The van der Waals surface area contributed by atoms with Gasteiger partial charge in [-0.1, -0.05) is 19.1 Å². The molecule has 0 aliphatic heterocycles. The summed E-state index contributed by atoms with van der Waals surface area (Å²) in [6, 6.07) is 8.71. The predicted octanol–water partition coefficient (Wildman–Crippen LogP) is 2.52. The summed E-state index contributed by atoms with van der Waals surface area (Å²) < 4.78 is 14.3. The molecule has 0 aliphatic rings. The number of hydrogen-bond donors (Lipinski definition) is 2. The Balaban J connectivity index is 2.13. The molecular formula is C19H22FN3O3. The van der Waals surface area contributed by atoms with Crippen molar-refractivity contribution in [1.82, 2.24) is 9.88 Å². The highest BCUT2D eigenvalue weighted by atomic mass is 19.1. The maximum atomic E-state index is 13.0. The van der Waals surface area contributed by atoms with E-state index in [1.54, 1.807) is 39.0 Å². The Morgan fingerprint density at radius 3 is 2.38 bits per heavy atom. The van der Waals surface area contributed by atoms with E-state index in [1.165, 1.54) is 22.8 Å². The van der Waals surface area contributed by atoms with E-state index in [0.29, 0.717) is 5.69 Å². The maximum Gasteiger partial charge on any atom is 0.274 e. The van der Waals surface area contributed by atoms with Crippen LogP contribution in [0.4, 0.5) is 10.1 Å². The van der Waals surface area contributed by atoms with Crippen molar-refractivity contribution in [2.45, 2.75) is 39.8 Å². The van der Waals surface area contributed by atoms with Crippen molar-refractivity contribution in [2.24, 2.45) is 0 Å². The van der Waals surface area contributed by atoms with E-state index in [1.807, 2.05) is 0 Å². The van der Waals surface area contributed by atoms with Gasteiger partial charge in [0, 0.05) is 12.1 Å². The van der Waals surface area contributed by atoms with Gasteiger partial charge in [-0.15, -0.1) is 0 Å². The van der Waals surface area contributed by atoms with Gasteiger partial charge in [-0.3, -0.25) is 14.4 Å². The van der Waals surface area contributed by atoms with Gasteiger partial charge < -0.3 is 15.2 Å². The summed E-state index contributed by atoms with van der Waals surface area (Å²) in [5, 5.41) is 5.31. The highest BCUT2D eigenvalue weighted by molar-refractivity contribution is 5.90. The van der Waals surface area contributed by atoms with Crippen LogP contribution in [0.5, 0.6) is 0 Å². The van der Waals surface area contributed by atoms with Crippen LogP contribution in [-0.4, -0.2) is 16.4 Å². The number of rotatable bonds is 6. The van der Waals surface area contributed by atoms with Gasteiger partial charge in [-0.05, 0) is 43.7 Å². The minimum absolute atomic E-state index is 0.141. The second kappa shape index (κ2) is 8.42. The molecule has 0 saturated heterocycles. The number of amides is 2. The number of pyridine rings is 1. The molecule has 2 rings (SSSR count). The van der Waals surface area contributed by atoms with Crippen molar-refractivity contribution >= 4 is 17.5 Å². The van der Waals surface area contributed by atoms with Crippen molar-refractivity contribution in [3.05, 3.63) is 63.8 Å². The number of nitrogens with one attached hydrogen (secondary N) is 2. The van der Waals surface area contributed by atoms with Crippen molar-refractivity contribution in [3.8, 4) is 0 Å². The first kappa shape index (κ1) is 19.4. The minimum atomic E-state index is -0.434. The molecule has 0 aliphatic carbocycles. The zero-order valence-electron chi connectivity index (χ0n) is 15.0. The Kier molecular flexibility index (Phi) is 6.27. The van der Waals surface area contributed by atoms with Crippen LogP contribution in [0.1, 0.15) is 37.6 Å². The number of hydrogen-bond acceptors (Lipinski definition) is 3. The van der Waals surface area contributed by atoms with E-state index in [4.69, 9.17) is 0 Å². The molecule has 1 aromatic carbocycles. The quantitative estimate of drug-likeness (QED) is 0.832. The summed E-state index contributed by atoms with van der Waals surface area (Å²) in [6.45, 7) is 5.00. The summed E-state index contributed by atoms with van der Waals surface area (Å²) in [4.78, 5) is 36.3. The molecule has 1 atom stereocenters. The van der Waals surface area contributed by atoms with Gasteiger partial charge >= 0.3 is 0 Å². The molecule has 138 valence electrons. The van der Waals surface area contributed by atoms with Gasteiger partial charge in [-0.25, -0.2) is 4.39 Å². The zero-order valence-corrected chi connectivity index (χ0v) is 15.0. The van der Waals surface area contributed by atoms with E-state index in [2.05, 4.69) is 10.6 Å². The maximum absolute atomic E-state index is 13.0. The summed E-state index contributed by atoms with van der Waals surface area (Å²) in [6.07, 6.45) is 0.253. The van der Waals surface area contributed by atoms with Gasteiger partial charge in [0.15, 0.2) is 0 Å². The first-order chi connectivity index (χ1) is 12.3. The first-order valence-electron chi connectivity index (χ1n) is 8.37. The lowest BCUT2D eigenvalue weighted by Gasteiger charge is -2.16. The normalized spacial score (nSPS) is 11.7. The molecule has 7 heteroatoms. The number of halogens is 1. The van der Waals surface area contributed by atoms with Gasteiger partial charge in [-0.2, -0.15) is 0 Å². The van der Waals surface area contributed by atoms with Crippen LogP contribution in [0.25, 0.3) is 0 Å². The van der Waals surface area contributed by atoms with Crippen molar-refractivity contribution in [1.29, 1.82) is 0 Å². The summed E-state index contributed by atoms with van der Waals surface area (Å²) in [5.41, 5.74) is 1.07. The van der Waals surface area contributed by atoms with Crippen LogP contribution >= 0.6 is 0 Å². The van der Waals surface area contributed by atoms with Crippen molar-refractivity contribution in [3.63, 3.8) is 0 Å². The van der Waals surface area contributed by atoms with E-state index in [9.17, 15) is 18.8 Å². The molecular weight excluding hydrogens is 337 g/mol. The lowest BCUT2D eigenvalue weighted by atomic mass is 10.1. The Morgan fingerprint density at radius 2 is 1.77 bits per heavy atom. The van der Waals surface area contributed by atoms with Crippen molar-refractivity contribution < 1.29 is 14.0 Å². The van der Waals surface area contributed by atoms with Gasteiger partial charge in [0.2, 0.25) is 11.8 Å². The lowest BCUT2D eigenvalue weighted by Crippen LogP contribution is -2.35. The number of carbonyl (C=O) groups is 2. The van der Waals surface area contributed by atoms with Crippen LogP contribution in [0.2, 0.25) is 0 Å².